The van der Waals surface area contributed by atoms with E-state index in [1.54, 1.807) is 11.3 Å². The van der Waals surface area contributed by atoms with E-state index >= 15 is 0 Å². The van der Waals surface area contributed by atoms with E-state index in [1.807, 2.05) is 11.4 Å². The Hall–Kier alpha value is -0.390. The summed E-state index contributed by atoms with van der Waals surface area (Å²) in [6.45, 7) is 0.624. The lowest BCUT2D eigenvalue weighted by Crippen LogP contribution is -2.22. The molecule has 0 radical (unpaired) electrons. The molecule has 0 spiro atoms. The highest BCUT2D eigenvalue weighted by Gasteiger charge is 2.03. The van der Waals surface area contributed by atoms with Crippen molar-refractivity contribution in [2.75, 3.05) is 6.61 Å². The SMILES string of the molecule is O=C(CCCO)NCc1sccc1Br. The van der Waals surface area contributed by atoms with Gasteiger partial charge in [0.25, 0.3) is 0 Å². The zero-order valence-corrected chi connectivity index (χ0v) is 10.0. The third-order valence-corrected chi connectivity index (χ3v) is 3.63. The van der Waals surface area contributed by atoms with Gasteiger partial charge in [0.1, 0.15) is 0 Å². The summed E-state index contributed by atoms with van der Waals surface area (Å²) in [5.41, 5.74) is 0. The van der Waals surface area contributed by atoms with E-state index in [1.165, 1.54) is 0 Å². The fourth-order valence-corrected chi connectivity index (χ4v) is 2.39. The molecule has 3 nitrogen and oxygen atoms in total. The number of aliphatic hydroxyl groups is 1. The van der Waals surface area contributed by atoms with E-state index < -0.39 is 0 Å². The van der Waals surface area contributed by atoms with E-state index in [-0.39, 0.29) is 12.5 Å². The summed E-state index contributed by atoms with van der Waals surface area (Å²) in [5.74, 6) is -0.0145. The van der Waals surface area contributed by atoms with E-state index in [0.29, 0.717) is 19.4 Å². The van der Waals surface area contributed by atoms with E-state index in [4.69, 9.17) is 5.11 Å². The first-order chi connectivity index (χ1) is 6.74. The third-order valence-electron chi connectivity index (χ3n) is 1.70. The highest BCUT2D eigenvalue weighted by Crippen LogP contribution is 2.22. The average molecular weight is 278 g/mol. The lowest BCUT2D eigenvalue weighted by molar-refractivity contribution is -0.121. The van der Waals surface area contributed by atoms with Crippen molar-refractivity contribution in [3.05, 3.63) is 20.8 Å². The van der Waals surface area contributed by atoms with Gasteiger partial charge in [0, 0.05) is 22.4 Å². The van der Waals surface area contributed by atoms with Gasteiger partial charge in [-0.15, -0.1) is 11.3 Å². The van der Waals surface area contributed by atoms with Gasteiger partial charge >= 0.3 is 0 Å². The number of hydrogen-bond donors (Lipinski definition) is 2. The number of halogens is 1. The van der Waals surface area contributed by atoms with Gasteiger partial charge in [0.05, 0.1) is 6.54 Å². The summed E-state index contributed by atoms with van der Waals surface area (Å²) in [6, 6.07) is 1.96. The van der Waals surface area contributed by atoms with Crippen LogP contribution in [-0.4, -0.2) is 17.6 Å². The number of carbonyl (C=O) groups is 1. The Labute approximate surface area is 95.3 Å². The maximum absolute atomic E-state index is 11.2. The van der Waals surface area contributed by atoms with Crippen molar-refractivity contribution in [2.24, 2.45) is 0 Å². The number of carbonyl (C=O) groups excluding carboxylic acids is 1. The van der Waals surface area contributed by atoms with Crippen LogP contribution in [0.15, 0.2) is 15.9 Å². The Morgan fingerprint density at radius 3 is 3.00 bits per heavy atom. The van der Waals surface area contributed by atoms with Crippen LogP contribution in [0.25, 0.3) is 0 Å². The van der Waals surface area contributed by atoms with Crippen molar-refractivity contribution in [3.63, 3.8) is 0 Å². The van der Waals surface area contributed by atoms with Gasteiger partial charge in [-0.05, 0) is 33.8 Å². The second-order valence-corrected chi connectivity index (χ2v) is 4.65. The van der Waals surface area contributed by atoms with Crippen LogP contribution in [0.5, 0.6) is 0 Å². The molecule has 14 heavy (non-hydrogen) atoms. The Kier molecular flexibility index (Phi) is 5.14. The summed E-state index contributed by atoms with van der Waals surface area (Å²) < 4.78 is 1.03. The molecule has 1 aromatic rings. The van der Waals surface area contributed by atoms with Crippen LogP contribution < -0.4 is 5.32 Å². The highest BCUT2D eigenvalue weighted by molar-refractivity contribution is 9.10. The molecule has 1 heterocycles. The maximum Gasteiger partial charge on any atom is 0.220 e. The minimum atomic E-state index is -0.0145. The van der Waals surface area contributed by atoms with Crippen molar-refractivity contribution >= 4 is 33.2 Å². The van der Waals surface area contributed by atoms with Gasteiger partial charge in [-0.1, -0.05) is 0 Å². The first kappa shape index (κ1) is 11.7. The van der Waals surface area contributed by atoms with Crippen LogP contribution in [-0.2, 0) is 11.3 Å². The van der Waals surface area contributed by atoms with Crippen LogP contribution >= 0.6 is 27.3 Å². The molecule has 1 rings (SSSR count). The average Bonchev–Trinajstić information content (AvgIpc) is 2.58. The van der Waals surface area contributed by atoms with E-state index in [2.05, 4.69) is 21.2 Å². The molecule has 0 unspecified atom stereocenters. The number of thiophene rings is 1. The molecule has 0 aliphatic heterocycles. The van der Waals surface area contributed by atoms with Gasteiger partial charge in [-0.2, -0.15) is 0 Å². The molecule has 0 bridgehead atoms. The second-order valence-electron chi connectivity index (χ2n) is 2.80. The van der Waals surface area contributed by atoms with Crippen molar-refractivity contribution in [2.45, 2.75) is 19.4 Å². The molecule has 2 N–H and O–H groups in total. The van der Waals surface area contributed by atoms with E-state index in [0.717, 1.165) is 9.35 Å². The Morgan fingerprint density at radius 2 is 2.43 bits per heavy atom. The second kappa shape index (κ2) is 6.16. The molecule has 0 fully saturated rings. The molecule has 0 saturated carbocycles. The van der Waals surface area contributed by atoms with Crippen LogP contribution in [0.4, 0.5) is 0 Å². The predicted molar refractivity (Wildman–Crippen MR) is 60.2 cm³/mol. The molecular formula is C9H12BrNO2S. The van der Waals surface area contributed by atoms with Crippen LogP contribution in [0.3, 0.4) is 0 Å². The topological polar surface area (TPSA) is 49.3 Å². The number of aliphatic hydroxyl groups excluding tert-OH is 1. The summed E-state index contributed by atoms with van der Waals surface area (Å²) in [6.07, 6.45) is 0.914. The fraction of sp³-hybridized carbons (Fsp3) is 0.444. The Morgan fingerprint density at radius 1 is 1.64 bits per heavy atom. The van der Waals surface area contributed by atoms with Gasteiger partial charge in [-0.3, -0.25) is 4.79 Å². The number of nitrogens with one attached hydrogen (secondary N) is 1. The summed E-state index contributed by atoms with van der Waals surface area (Å²) >= 11 is 4.99. The van der Waals surface area contributed by atoms with Gasteiger partial charge in [-0.25, -0.2) is 0 Å². The van der Waals surface area contributed by atoms with Crippen LogP contribution in [0, 0.1) is 0 Å². The molecule has 0 aliphatic carbocycles. The van der Waals surface area contributed by atoms with Crippen molar-refractivity contribution in [3.8, 4) is 0 Å². The minimum Gasteiger partial charge on any atom is -0.396 e. The van der Waals surface area contributed by atoms with Crippen molar-refractivity contribution < 1.29 is 9.90 Å². The summed E-state index contributed by atoms with van der Waals surface area (Å²) in [4.78, 5) is 12.3. The lowest BCUT2D eigenvalue weighted by atomic mass is 10.3. The Bertz CT molecular complexity index is 301. The molecule has 5 heteroatoms. The van der Waals surface area contributed by atoms with Crippen molar-refractivity contribution in [1.82, 2.24) is 5.32 Å². The zero-order chi connectivity index (χ0) is 10.4. The fourth-order valence-electron chi connectivity index (χ4n) is 0.958. The largest absolute Gasteiger partial charge is 0.396 e. The summed E-state index contributed by atoms with van der Waals surface area (Å²) in [5, 5.41) is 13.3. The molecule has 1 amide bonds. The lowest BCUT2D eigenvalue weighted by Gasteiger charge is -2.02. The van der Waals surface area contributed by atoms with Crippen LogP contribution in [0.2, 0.25) is 0 Å². The van der Waals surface area contributed by atoms with Crippen molar-refractivity contribution in [1.29, 1.82) is 0 Å². The molecule has 1 aromatic heterocycles. The standard InChI is InChI=1S/C9H12BrNO2S/c10-7-3-5-14-8(7)6-11-9(13)2-1-4-12/h3,5,12H,1-2,4,6H2,(H,11,13). The summed E-state index contributed by atoms with van der Waals surface area (Å²) in [7, 11) is 0. The zero-order valence-electron chi connectivity index (χ0n) is 7.62. The molecule has 0 atom stereocenters. The molecule has 78 valence electrons. The molecular weight excluding hydrogens is 266 g/mol. The van der Waals surface area contributed by atoms with E-state index in [9.17, 15) is 4.79 Å². The van der Waals surface area contributed by atoms with Gasteiger partial charge < -0.3 is 10.4 Å². The molecule has 0 saturated heterocycles. The van der Waals surface area contributed by atoms with Gasteiger partial charge in [0.2, 0.25) is 5.91 Å². The minimum absolute atomic E-state index is 0.0145. The third kappa shape index (κ3) is 3.77. The number of hydrogen-bond acceptors (Lipinski definition) is 3. The van der Waals surface area contributed by atoms with Crippen LogP contribution in [0.1, 0.15) is 17.7 Å². The Balaban J connectivity index is 2.27. The molecule has 0 aromatic carbocycles. The molecule has 0 aliphatic rings. The first-order valence-corrected chi connectivity index (χ1v) is 6.00. The quantitative estimate of drug-likeness (QED) is 0.864. The first-order valence-electron chi connectivity index (χ1n) is 4.33. The smallest absolute Gasteiger partial charge is 0.220 e. The normalized spacial score (nSPS) is 10.1. The maximum atomic E-state index is 11.2. The number of amides is 1. The highest BCUT2D eigenvalue weighted by atomic mass is 79.9. The van der Waals surface area contributed by atoms with Gasteiger partial charge in [0.15, 0.2) is 0 Å². The monoisotopic (exact) mass is 277 g/mol. The number of rotatable bonds is 5. The predicted octanol–water partition coefficient (Wildman–Crippen LogP) is 1.90.